The minimum Gasteiger partial charge on any atom is -0.481 e. The van der Waals surface area contributed by atoms with Crippen LogP contribution in [0.5, 0.6) is 0 Å². The topological polar surface area (TPSA) is 84.2 Å². The summed E-state index contributed by atoms with van der Waals surface area (Å²) >= 11 is 0. The molecular formula is C12H17N3O3. The van der Waals surface area contributed by atoms with Crippen molar-refractivity contribution >= 4 is 11.9 Å². The second kappa shape index (κ2) is 4.44. The number of carbonyl (C=O) groups is 2. The fraction of sp³-hybridized carbons (Fsp3) is 0.583. The Morgan fingerprint density at radius 3 is 2.89 bits per heavy atom. The van der Waals surface area contributed by atoms with Crippen molar-refractivity contribution in [1.29, 1.82) is 0 Å². The van der Waals surface area contributed by atoms with Gasteiger partial charge in [0.05, 0.1) is 17.2 Å². The standard InChI is InChI=1S/C12H17N3O3/c1-12(11(17)18)5-3-4-9(12)14-10(16)8-6-13-15(2)7-8/h6-7,9H,3-5H2,1-2H3,(H,14,16)(H,17,18). The number of hydrogen-bond donors (Lipinski definition) is 2. The van der Waals surface area contributed by atoms with E-state index in [1.165, 1.54) is 6.20 Å². The van der Waals surface area contributed by atoms with Crippen LogP contribution in [0.15, 0.2) is 12.4 Å². The molecule has 1 aromatic heterocycles. The first-order chi connectivity index (χ1) is 8.43. The Balaban J connectivity index is 2.10. The van der Waals surface area contributed by atoms with Gasteiger partial charge in [-0.3, -0.25) is 14.3 Å². The molecule has 18 heavy (non-hydrogen) atoms. The van der Waals surface area contributed by atoms with E-state index in [1.54, 1.807) is 24.9 Å². The summed E-state index contributed by atoms with van der Waals surface area (Å²) in [7, 11) is 1.73. The van der Waals surface area contributed by atoms with Gasteiger partial charge in [-0.05, 0) is 19.8 Å². The van der Waals surface area contributed by atoms with Gasteiger partial charge in [0.25, 0.3) is 5.91 Å². The van der Waals surface area contributed by atoms with E-state index >= 15 is 0 Å². The van der Waals surface area contributed by atoms with Crippen LogP contribution < -0.4 is 5.32 Å². The van der Waals surface area contributed by atoms with E-state index in [9.17, 15) is 14.7 Å². The van der Waals surface area contributed by atoms with Crippen molar-refractivity contribution in [3.8, 4) is 0 Å². The zero-order valence-electron chi connectivity index (χ0n) is 10.5. The van der Waals surface area contributed by atoms with Crippen molar-refractivity contribution in [2.45, 2.75) is 32.2 Å². The third-order valence-corrected chi connectivity index (χ3v) is 3.72. The van der Waals surface area contributed by atoms with Crippen molar-refractivity contribution in [2.75, 3.05) is 0 Å². The number of aliphatic carboxylic acids is 1. The van der Waals surface area contributed by atoms with Crippen LogP contribution in [-0.2, 0) is 11.8 Å². The average Bonchev–Trinajstić information content (AvgIpc) is 2.87. The molecule has 0 aromatic carbocycles. The maximum absolute atomic E-state index is 12.0. The predicted molar refractivity (Wildman–Crippen MR) is 64.1 cm³/mol. The van der Waals surface area contributed by atoms with Crippen LogP contribution in [0.2, 0.25) is 0 Å². The minimum absolute atomic E-state index is 0.262. The lowest BCUT2D eigenvalue weighted by molar-refractivity contribution is -0.148. The van der Waals surface area contributed by atoms with Crippen molar-refractivity contribution in [3.05, 3.63) is 18.0 Å². The van der Waals surface area contributed by atoms with Crippen LogP contribution in [-0.4, -0.2) is 32.8 Å². The minimum atomic E-state index is -0.863. The molecule has 6 nitrogen and oxygen atoms in total. The van der Waals surface area contributed by atoms with Crippen LogP contribution in [0.1, 0.15) is 36.5 Å². The number of rotatable bonds is 3. The number of aryl methyl sites for hydroxylation is 1. The van der Waals surface area contributed by atoms with Gasteiger partial charge < -0.3 is 10.4 Å². The van der Waals surface area contributed by atoms with Gasteiger partial charge in [0.1, 0.15) is 0 Å². The van der Waals surface area contributed by atoms with Gasteiger partial charge >= 0.3 is 5.97 Å². The fourth-order valence-corrected chi connectivity index (χ4v) is 2.43. The van der Waals surface area contributed by atoms with Gasteiger partial charge in [-0.1, -0.05) is 6.42 Å². The summed E-state index contributed by atoms with van der Waals surface area (Å²) in [6.07, 6.45) is 5.21. The predicted octanol–water partition coefficient (Wildman–Crippen LogP) is 0.793. The zero-order valence-corrected chi connectivity index (χ0v) is 10.5. The van der Waals surface area contributed by atoms with Gasteiger partial charge in [-0.15, -0.1) is 0 Å². The number of carbonyl (C=O) groups excluding carboxylic acids is 1. The van der Waals surface area contributed by atoms with Crippen LogP contribution in [0.25, 0.3) is 0 Å². The summed E-state index contributed by atoms with van der Waals surface area (Å²) < 4.78 is 1.54. The molecular weight excluding hydrogens is 234 g/mol. The van der Waals surface area contributed by atoms with Crippen molar-refractivity contribution < 1.29 is 14.7 Å². The Hall–Kier alpha value is -1.85. The molecule has 2 unspecified atom stereocenters. The number of nitrogens with one attached hydrogen (secondary N) is 1. The molecule has 0 saturated heterocycles. The Bertz CT molecular complexity index is 483. The lowest BCUT2D eigenvalue weighted by Crippen LogP contribution is -2.47. The molecule has 0 radical (unpaired) electrons. The van der Waals surface area contributed by atoms with Gasteiger partial charge in [0.15, 0.2) is 0 Å². The molecule has 2 atom stereocenters. The largest absolute Gasteiger partial charge is 0.481 e. The molecule has 1 fully saturated rings. The molecule has 0 bridgehead atoms. The van der Waals surface area contributed by atoms with Crippen molar-refractivity contribution in [1.82, 2.24) is 15.1 Å². The van der Waals surface area contributed by atoms with Gasteiger partial charge in [-0.25, -0.2) is 0 Å². The molecule has 1 aliphatic rings. The SMILES string of the molecule is Cn1cc(C(=O)NC2CCCC2(C)C(=O)O)cn1. The molecule has 0 spiro atoms. The van der Waals surface area contributed by atoms with E-state index in [4.69, 9.17) is 0 Å². The Kier molecular flexibility index (Phi) is 3.11. The molecule has 0 aliphatic heterocycles. The summed E-state index contributed by atoms with van der Waals surface area (Å²) in [5, 5.41) is 16.0. The number of aromatic nitrogens is 2. The quantitative estimate of drug-likeness (QED) is 0.832. The molecule has 1 amide bonds. The molecule has 1 saturated carbocycles. The average molecular weight is 251 g/mol. The van der Waals surface area contributed by atoms with Crippen molar-refractivity contribution in [3.63, 3.8) is 0 Å². The molecule has 1 heterocycles. The summed E-state index contributed by atoms with van der Waals surface area (Å²) in [6.45, 7) is 1.69. The van der Waals surface area contributed by atoms with E-state index in [-0.39, 0.29) is 11.9 Å². The normalized spacial score (nSPS) is 27.1. The van der Waals surface area contributed by atoms with E-state index in [0.29, 0.717) is 18.4 Å². The highest BCUT2D eigenvalue weighted by Gasteiger charge is 2.45. The molecule has 2 rings (SSSR count). The number of carboxylic acid groups (broad SMARTS) is 1. The number of amides is 1. The molecule has 1 aliphatic carbocycles. The number of carboxylic acids is 1. The van der Waals surface area contributed by atoms with E-state index in [0.717, 1.165) is 6.42 Å². The molecule has 2 N–H and O–H groups in total. The highest BCUT2D eigenvalue weighted by atomic mass is 16.4. The van der Waals surface area contributed by atoms with Gasteiger partial charge in [-0.2, -0.15) is 5.10 Å². The summed E-state index contributed by atoms with van der Waals surface area (Å²) in [4.78, 5) is 23.3. The number of hydrogen-bond acceptors (Lipinski definition) is 3. The molecule has 6 heteroatoms. The molecule has 98 valence electrons. The first kappa shape index (κ1) is 12.6. The first-order valence-electron chi connectivity index (χ1n) is 5.96. The fourth-order valence-electron chi connectivity index (χ4n) is 2.43. The van der Waals surface area contributed by atoms with Crippen LogP contribution in [0, 0.1) is 5.41 Å². The summed E-state index contributed by atoms with van der Waals surface area (Å²) in [5.74, 6) is -1.11. The second-order valence-corrected chi connectivity index (χ2v) is 5.04. The lowest BCUT2D eigenvalue weighted by Gasteiger charge is -2.27. The van der Waals surface area contributed by atoms with Gasteiger partial charge in [0.2, 0.25) is 0 Å². The van der Waals surface area contributed by atoms with Crippen LogP contribution in [0.3, 0.4) is 0 Å². The first-order valence-corrected chi connectivity index (χ1v) is 5.96. The Morgan fingerprint density at radius 2 is 2.33 bits per heavy atom. The highest BCUT2D eigenvalue weighted by Crippen LogP contribution is 2.38. The van der Waals surface area contributed by atoms with Crippen LogP contribution >= 0.6 is 0 Å². The Morgan fingerprint density at radius 1 is 1.61 bits per heavy atom. The monoisotopic (exact) mass is 251 g/mol. The maximum Gasteiger partial charge on any atom is 0.311 e. The smallest absolute Gasteiger partial charge is 0.311 e. The second-order valence-electron chi connectivity index (χ2n) is 5.04. The summed E-state index contributed by atoms with van der Waals surface area (Å²) in [5.41, 5.74) is -0.408. The Labute approximate surface area is 105 Å². The molecule has 1 aromatic rings. The number of nitrogens with zero attached hydrogens (tertiary/aromatic N) is 2. The third-order valence-electron chi connectivity index (χ3n) is 3.72. The van der Waals surface area contributed by atoms with Crippen molar-refractivity contribution in [2.24, 2.45) is 12.5 Å². The maximum atomic E-state index is 12.0. The van der Waals surface area contributed by atoms with E-state index in [1.807, 2.05) is 0 Å². The lowest BCUT2D eigenvalue weighted by atomic mass is 9.85. The van der Waals surface area contributed by atoms with E-state index < -0.39 is 11.4 Å². The third kappa shape index (κ3) is 2.10. The zero-order chi connectivity index (χ0) is 13.3. The van der Waals surface area contributed by atoms with Crippen LogP contribution in [0.4, 0.5) is 0 Å². The van der Waals surface area contributed by atoms with Gasteiger partial charge in [0, 0.05) is 19.3 Å². The summed E-state index contributed by atoms with van der Waals surface area (Å²) in [6, 6.07) is -0.317. The highest BCUT2D eigenvalue weighted by molar-refractivity contribution is 5.94. The van der Waals surface area contributed by atoms with E-state index in [2.05, 4.69) is 10.4 Å².